The first-order valence-corrected chi connectivity index (χ1v) is 13.6. The van der Waals surface area contributed by atoms with Gasteiger partial charge in [0, 0.05) is 17.6 Å². The van der Waals surface area contributed by atoms with Crippen LogP contribution >= 0.6 is 27.5 Å². The van der Waals surface area contributed by atoms with Crippen molar-refractivity contribution in [3.63, 3.8) is 0 Å². The van der Waals surface area contributed by atoms with Crippen LogP contribution < -0.4 is 9.62 Å². The minimum atomic E-state index is -3.92. The number of sulfonamides is 1. The highest BCUT2D eigenvalue weighted by Gasteiger charge is 2.30. The highest BCUT2D eigenvalue weighted by Crippen LogP contribution is 2.25. The summed E-state index contributed by atoms with van der Waals surface area (Å²) < 4.78 is 40.3. The lowest BCUT2D eigenvalue weighted by Gasteiger charge is -2.31. The van der Waals surface area contributed by atoms with E-state index in [0.717, 1.165) is 32.7 Å². The van der Waals surface area contributed by atoms with Gasteiger partial charge in [-0.25, -0.2) is 12.8 Å². The van der Waals surface area contributed by atoms with E-state index in [9.17, 15) is 22.4 Å². The molecule has 0 saturated heterocycles. The molecule has 186 valence electrons. The molecule has 0 bridgehead atoms. The van der Waals surface area contributed by atoms with E-state index in [1.807, 2.05) is 26.0 Å². The van der Waals surface area contributed by atoms with Crippen molar-refractivity contribution in [1.82, 2.24) is 10.2 Å². The molecule has 2 amide bonds. The lowest BCUT2D eigenvalue weighted by Crippen LogP contribution is -2.51. The number of benzene rings is 2. The van der Waals surface area contributed by atoms with Crippen LogP contribution in [0.15, 0.2) is 46.9 Å². The van der Waals surface area contributed by atoms with Gasteiger partial charge in [0.25, 0.3) is 0 Å². The van der Waals surface area contributed by atoms with E-state index in [-0.39, 0.29) is 29.1 Å². The second-order valence-electron chi connectivity index (χ2n) is 8.33. The molecule has 2 aromatic carbocycles. The highest BCUT2D eigenvalue weighted by atomic mass is 79.9. The first-order valence-electron chi connectivity index (χ1n) is 10.5. The van der Waals surface area contributed by atoms with E-state index in [1.165, 1.54) is 11.0 Å². The molecule has 0 fully saturated rings. The molecule has 0 spiro atoms. The molecule has 0 aliphatic heterocycles. The topological polar surface area (TPSA) is 86.8 Å². The second-order valence-corrected chi connectivity index (χ2v) is 11.6. The van der Waals surface area contributed by atoms with Crippen LogP contribution in [0, 0.1) is 11.7 Å². The van der Waals surface area contributed by atoms with Crippen LogP contribution in [0.4, 0.5) is 10.1 Å². The normalized spacial score (nSPS) is 12.4. The van der Waals surface area contributed by atoms with Crippen LogP contribution in [0.5, 0.6) is 0 Å². The van der Waals surface area contributed by atoms with Crippen LogP contribution in [0.2, 0.25) is 5.02 Å². The molecule has 0 radical (unpaired) electrons. The Labute approximate surface area is 213 Å². The summed E-state index contributed by atoms with van der Waals surface area (Å²) in [6.45, 7) is 5.43. The minimum absolute atomic E-state index is 0.0442. The third kappa shape index (κ3) is 7.95. The molecular weight excluding hydrogens is 549 g/mol. The Kier molecular flexibility index (Phi) is 9.90. The van der Waals surface area contributed by atoms with Crippen molar-refractivity contribution in [2.45, 2.75) is 33.4 Å². The van der Waals surface area contributed by atoms with Gasteiger partial charge in [0.15, 0.2) is 0 Å². The smallest absolute Gasteiger partial charge is 0.244 e. The zero-order chi connectivity index (χ0) is 25.6. The van der Waals surface area contributed by atoms with Crippen molar-refractivity contribution in [1.29, 1.82) is 0 Å². The van der Waals surface area contributed by atoms with Crippen molar-refractivity contribution in [3.05, 3.63) is 63.3 Å². The Morgan fingerprint density at radius 2 is 1.74 bits per heavy atom. The van der Waals surface area contributed by atoms with Crippen molar-refractivity contribution in [2.75, 3.05) is 23.7 Å². The summed E-state index contributed by atoms with van der Waals surface area (Å²) in [5, 5.41) is 2.54. The summed E-state index contributed by atoms with van der Waals surface area (Å²) in [6.07, 6.45) is 0.940. The first-order chi connectivity index (χ1) is 15.8. The van der Waals surface area contributed by atoms with Crippen molar-refractivity contribution in [2.24, 2.45) is 5.92 Å². The highest BCUT2D eigenvalue weighted by molar-refractivity contribution is 9.10. The molecule has 0 unspecified atom stereocenters. The molecule has 1 atom stereocenters. The van der Waals surface area contributed by atoms with Crippen molar-refractivity contribution < 1.29 is 22.4 Å². The van der Waals surface area contributed by atoms with Gasteiger partial charge in [-0.05, 0) is 48.7 Å². The van der Waals surface area contributed by atoms with E-state index in [2.05, 4.69) is 21.2 Å². The van der Waals surface area contributed by atoms with Crippen LogP contribution in [0.3, 0.4) is 0 Å². The largest absolute Gasteiger partial charge is 0.354 e. The van der Waals surface area contributed by atoms with E-state index in [1.54, 1.807) is 19.1 Å². The summed E-state index contributed by atoms with van der Waals surface area (Å²) in [5.74, 6) is -1.44. The quantitative estimate of drug-likeness (QED) is 0.459. The maximum Gasteiger partial charge on any atom is 0.244 e. The third-order valence-electron chi connectivity index (χ3n) is 4.99. The summed E-state index contributed by atoms with van der Waals surface area (Å²) in [5.41, 5.74) is 0.804. The predicted octanol–water partition coefficient (Wildman–Crippen LogP) is 4.20. The molecule has 34 heavy (non-hydrogen) atoms. The second kappa shape index (κ2) is 12.0. The fourth-order valence-corrected chi connectivity index (χ4v) is 4.36. The summed E-state index contributed by atoms with van der Waals surface area (Å²) >= 11 is 9.19. The van der Waals surface area contributed by atoms with E-state index >= 15 is 0 Å². The van der Waals surface area contributed by atoms with Gasteiger partial charge in [0.1, 0.15) is 18.4 Å². The van der Waals surface area contributed by atoms with Gasteiger partial charge in [0.2, 0.25) is 21.8 Å². The molecule has 2 aromatic rings. The van der Waals surface area contributed by atoms with Gasteiger partial charge in [0.05, 0.1) is 17.0 Å². The molecule has 0 saturated carbocycles. The van der Waals surface area contributed by atoms with Gasteiger partial charge < -0.3 is 10.2 Å². The van der Waals surface area contributed by atoms with Gasteiger partial charge in [-0.3, -0.25) is 13.9 Å². The monoisotopic (exact) mass is 575 g/mol. The number of anilines is 1. The number of amides is 2. The number of carbonyl (C=O) groups is 2. The molecule has 7 nitrogen and oxygen atoms in total. The Bertz CT molecular complexity index is 1130. The lowest BCUT2D eigenvalue weighted by atomic mass is 10.1. The maximum absolute atomic E-state index is 13.6. The number of rotatable bonds is 10. The fraction of sp³-hybridized carbons (Fsp3) is 0.391. The lowest BCUT2D eigenvalue weighted by molar-refractivity contribution is -0.139. The zero-order valence-electron chi connectivity index (χ0n) is 19.4. The number of carbonyl (C=O) groups excluding carboxylic acids is 2. The molecule has 0 heterocycles. The van der Waals surface area contributed by atoms with Crippen molar-refractivity contribution in [3.8, 4) is 0 Å². The average Bonchev–Trinajstić information content (AvgIpc) is 2.76. The zero-order valence-corrected chi connectivity index (χ0v) is 22.5. The summed E-state index contributed by atoms with van der Waals surface area (Å²) in [6, 6.07) is 9.76. The Morgan fingerprint density at radius 3 is 2.26 bits per heavy atom. The number of hydrogen-bond donors (Lipinski definition) is 1. The summed E-state index contributed by atoms with van der Waals surface area (Å²) in [7, 11) is -3.92. The van der Waals surface area contributed by atoms with Crippen LogP contribution in [0.25, 0.3) is 0 Å². The maximum atomic E-state index is 13.6. The standard InChI is InChI=1S/C23H28BrClFN3O4S/c1-15(2)12-27-23(31)16(3)28(13-17-5-7-18(24)8-6-17)22(30)14-29(34(4,32)33)19-9-10-21(26)20(25)11-19/h5-11,15-16H,12-14H2,1-4H3,(H,27,31)/t16-/m0/s1. The van der Waals surface area contributed by atoms with E-state index in [4.69, 9.17) is 11.6 Å². The first kappa shape index (κ1) is 28.1. The minimum Gasteiger partial charge on any atom is -0.354 e. The van der Waals surface area contributed by atoms with Gasteiger partial charge in [-0.1, -0.05) is 53.5 Å². The molecular formula is C23H28BrClFN3O4S. The van der Waals surface area contributed by atoms with Crippen LogP contribution in [-0.4, -0.2) is 50.5 Å². The number of hydrogen-bond acceptors (Lipinski definition) is 4. The Balaban J connectivity index is 2.37. The van der Waals surface area contributed by atoms with Gasteiger partial charge in [-0.15, -0.1) is 0 Å². The number of halogens is 3. The number of nitrogens with one attached hydrogen (secondary N) is 1. The van der Waals surface area contributed by atoms with E-state index in [0.29, 0.717) is 6.54 Å². The predicted molar refractivity (Wildman–Crippen MR) is 136 cm³/mol. The number of nitrogens with zero attached hydrogens (tertiary/aromatic N) is 2. The van der Waals surface area contributed by atoms with Crippen LogP contribution in [0.1, 0.15) is 26.3 Å². The molecule has 0 aliphatic rings. The Hall–Kier alpha value is -2.17. The van der Waals surface area contributed by atoms with Crippen molar-refractivity contribution >= 4 is 55.1 Å². The average molecular weight is 577 g/mol. The van der Waals surface area contributed by atoms with Gasteiger partial charge in [-0.2, -0.15) is 0 Å². The van der Waals surface area contributed by atoms with E-state index < -0.39 is 34.3 Å². The molecule has 11 heteroatoms. The molecule has 0 aliphatic carbocycles. The summed E-state index contributed by atoms with van der Waals surface area (Å²) in [4.78, 5) is 27.5. The molecule has 2 rings (SSSR count). The molecule has 1 N–H and O–H groups in total. The van der Waals surface area contributed by atoms with Gasteiger partial charge >= 0.3 is 0 Å². The van der Waals surface area contributed by atoms with Crippen LogP contribution in [-0.2, 0) is 26.2 Å². The molecule has 0 aromatic heterocycles. The third-order valence-corrected chi connectivity index (χ3v) is 6.95. The SMILES string of the molecule is CC(C)CNC(=O)[C@H](C)N(Cc1ccc(Br)cc1)C(=O)CN(c1ccc(F)c(Cl)c1)S(C)(=O)=O. The Morgan fingerprint density at radius 1 is 1.12 bits per heavy atom. The fourth-order valence-electron chi connectivity index (χ4n) is 3.08.